The molecule has 2 rings (SSSR count). The van der Waals surface area contributed by atoms with Gasteiger partial charge in [-0.1, -0.05) is 17.3 Å². The first-order valence-electron chi connectivity index (χ1n) is 4.29. The highest BCUT2D eigenvalue weighted by Gasteiger charge is 1.98. The second-order valence-corrected chi connectivity index (χ2v) is 2.93. The van der Waals surface area contributed by atoms with Crippen LogP contribution >= 0.6 is 0 Å². The van der Waals surface area contributed by atoms with Crippen LogP contribution in [0.1, 0.15) is 11.3 Å². The number of nitrogens with one attached hydrogen (secondary N) is 1. The zero-order valence-corrected chi connectivity index (χ0v) is 7.82. The minimum Gasteiger partial charge on any atom is -0.497 e. The molecule has 0 spiro atoms. The number of H-pyrrole nitrogens is 1. The fourth-order valence-electron chi connectivity index (χ4n) is 1.22. The van der Waals surface area contributed by atoms with Crippen molar-refractivity contribution in [1.82, 2.24) is 15.4 Å². The summed E-state index contributed by atoms with van der Waals surface area (Å²) in [6, 6.07) is 7.87. The molecule has 4 nitrogen and oxygen atoms in total. The molecular weight excluding hydrogens is 178 g/mol. The summed E-state index contributed by atoms with van der Waals surface area (Å²) in [6.45, 7) is 0. The average Bonchev–Trinajstić information content (AvgIpc) is 2.72. The highest BCUT2D eigenvalue weighted by atomic mass is 16.5. The second kappa shape index (κ2) is 3.91. The molecule has 0 atom stereocenters. The molecule has 0 fully saturated rings. The van der Waals surface area contributed by atoms with Gasteiger partial charge in [0.15, 0.2) is 0 Å². The highest BCUT2D eigenvalue weighted by molar-refractivity contribution is 5.28. The molecule has 4 heteroatoms. The first-order chi connectivity index (χ1) is 6.88. The Kier molecular flexibility index (Phi) is 2.44. The molecule has 0 unspecified atom stereocenters. The molecule has 0 saturated carbocycles. The number of hydrogen-bond donors (Lipinski definition) is 1. The summed E-state index contributed by atoms with van der Waals surface area (Å²) in [7, 11) is 1.65. The van der Waals surface area contributed by atoms with Gasteiger partial charge in [0.05, 0.1) is 12.8 Å². The van der Waals surface area contributed by atoms with Crippen LogP contribution in [0, 0.1) is 6.20 Å². The molecule has 0 amide bonds. The lowest BCUT2D eigenvalue weighted by Gasteiger charge is -2.01. The predicted molar refractivity (Wildman–Crippen MR) is 51.0 cm³/mol. The van der Waals surface area contributed by atoms with E-state index in [1.54, 1.807) is 7.11 Å². The Bertz CT molecular complexity index is 380. The number of nitrogens with zero attached hydrogens (tertiary/aromatic N) is 2. The number of aromatic nitrogens is 3. The monoisotopic (exact) mass is 188 g/mol. The Labute approximate surface area is 81.9 Å². The van der Waals surface area contributed by atoms with Crippen LogP contribution in [0.5, 0.6) is 5.75 Å². The van der Waals surface area contributed by atoms with E-state index in [2.05, 4.69) is 21.6 Å². The van der Waals surface area contributed by atoms with Gasteiger partial charge < -0.3 is 4.74 Å². The van der Waals surface area contributed by atoms with E-state index in [1.807, 2.05) is 24.3 Å². The van der Waals surface area contributed by atoms with Crippen molar-refractivity contribution in [2.45, 2.75) is 6.42 Å². The maximum atomic E-state index is 5.06. The van der Waals surface area contributed by atoms with E-state index < -0.39 is 0 Å². The van der Waals surface area contributed by atoms with Crippen molar-refractivity contribution in [2.24, 2.45) is 0 Å². The average molecular weight is 188 g/mol. The Morgan fingerprint density at radius 1 is 1.36 bits per heavy atom. The normalized spacial score (nSPS) is 10.1. The topological polar surface area (TPSA) is 50.8 Å². The molecule has 0 aliphatic carbocycles. The van der Waals surface area contributed by atoms with Gasteiger partial charge in [-0.25, -0.2) is 0 Å². The molecule has 71 valence electrons. The van der Waals surface area contributed by atoms with Gasteiger partial charge in [0.1, 0.15) is 11.9 Å². The van der Waals surface area contributed by atoms with E-state index in [0.29, 0.717) is 0 Å². The SMILES string of the molecule is COc1ccc(Cc2[c]nn[nH]2)cc1. The third-order valence-corrected chi connectivity index (χ3v) is 1.96. The zero-order chi connectivity index (χ0) is 9.80. The molecule has 0 aliphatic heterocycles. The maximum Gasteiger partial charge on any atom is 0.138 e. The van der Waals surface area contributed by atoms with Crippen LogP contribution < -0.4 is 4.74 Å². The summed E-state index contributed by atoms with van der Waals surface area (Å²) < 4.78 is 5.06. The van der Waals surface area contributed by atoms with Gasteiger partial charge in [-0.15, -0.1) is 5.10 Å². The van der Waals surface area contributed by atoms with E-state index in [9.17, 15) is 0 Å². The van der Waals surface area contributed by atoms with Crippen molar-refractivity contribution in [1.29, 1.82) is 0 Å². The van der Waals surface area contributed by atoms with Crippen molar-refractivity contribution in [3.05, 3.63) is 41.7 Å². The lowest BCUT2D eigenvalue weighted by atomic mass is 10.1. The van der Waals surface area contributed by atoms with Crippen molar-refractivity contribution >= 4 is 0 Å². The van der Waals surface area contributed by atoms with Crippen LogP contribution in [0.2, 0.25) is 0 Å². The molecule has 1 N–H and O–H groups in total. The lowest BCUT2D eigenvalue weighted by molar-refractivity contribution is 0.414. The van der Waals surface area contributed by atoms with Crippen molar-refractivity contribution in [2.75, 3.05) is 7.11 Å². The molecule has 1 heterocycles. The van der Waals surface area contributed by atoms with E-state index in [0.717, 1.165) is 17.9 Å². The molecule has 1 aromatic heterocycles. The van der Waals surface area contributed by atoms with E-state index >= 15 is 0 Å². The van der Waals surface area contributed by atoms with Crippen LogP contribution in [0.15, 0.2) is 24.3 Å². The summed E-state index contributed by atoms with van der Waals surface area (Å²) in [5.41, 5.74) is 2.06. The number of aromatic amines is 1. The third-order valence-electron chi connectivity index (χ3n) is 1.96. The third kappa shape index (κ3) is 1.90. The van der Waals surface area contributed by atoms with Crippen LogP contribution in [-0.4, -0.2) is 22.5 Å². The minimum absolute atomic E-state index is 0.761. The van der Waals surface area contributed by atoms with Gasteiger partial charge in [-0.2, -0.15) is 0 Å². The smallest absolute Gasteiger partial charge is 0.138 e. The van der Waals surface area contributed by atoms with Crippen LogP contribution in [-0.2, 0) is 6.42 Å². The Morgan fingerprint density at radius 3 is 2.71 bits per heavy atom. The Balaban J connectivity index is 2.10. The molecule has 1 aromatic carbocycles. The molecule has 0 saturated heterocycles. The lowest BCUT2D eigenvalue weighted by Crippen LogP contribution is -1.89. The molecular formula is C10H10N3O. The van der Waals surface area contributed by atoms with Gasteiger partial charge in [0, 0.05) is 6.42 Å². The summed E-state index contributed by atoms with van der Waals surface area (Å²) in [5.74, 6) is 0.862. The van der Waals surface area contributed by atoms with Gasteiger partial charge in [-0.3, -0.25) is 5.10 Å². The number of rotatable bonds is 3. The Hall–Kier alpha value is -1.84. The molecule has 2 aromatic rings. The fraction of sp³-hybridized carbons (Fsp3) is 0.200. The van der Waals surface area contributed by atoms with E-state index in [1.165, 1.54) is 5.56 Å². The van der Waals surface area contributed by atoms with Crippen LogP contribution in [0.4, 0.5) is 0 Å². The number of hydrogen-bond acceptors (Lipinski definition) is 3. The van der Waals surface area contributed by atoms with Gasteiger partial charge in [0.2, 0.25) is 0 Å². The standard InChI is InChI=1S/C10H10N3O/c1-14-10-4-2-8(3-5-10)6-9-7-11-13-12-9/h2-5H,6H2,1H3,(H,11,12,13). The molecule has 0 aliphatic rings. The minimum atomic E-state index is 0.761. The molecule has 0 bridgehead atoms. The summed E-state index contributed by atoms with van der Waals surface area (Å²) in [6.07, 6.45) is 3.53. The first-order valence-corrected chi connectivity index (χ1v) is 4.29. The predicted octanol–water partition coefficient (Wildman–Crippen LogP) is 1.20. The summed E-state index contributed by atoms with van der Waals surface area (Å²) in [5, 5.41) is 9.96. The summed E-state index contributed by atoms with van der Waals surface area (Å²) >= 11 is 0. The first kappa shape index (κ1) is 8.74. The zero-order valence-electron chi connectivity index (χ0n) is 7.82. The van der Waals surface area contributed by atoms with Gasteiger partial charge in [-0.05, 0) is 17.7 Å². The largest absolute Gasteiger partial charge is 0.497 e. The second-order valence-electron chi connectivity index (χ2n) is 2.93. The van der Waals surface area contributed by atoms with Crippen molar-refractivity contribution < 1.29 is 4.74 Å². The number of methoxy groups -OCH3 is 1. The highest BCUT2D eigenvalue weighted by Crippen LogP contribution is 2.13. The van der Waals surface area contributed by atoms with Crippen LogP contribution in [0.3, 0.4) is 0 Å². The fourth-order valence-corrected chi connectivity index (χ4v) is 1.22. The Morgan fingerprint density at radius 2 is 2.14 bits per heavy atom. The van der Waals surface area contributed by atoms with Gasteiger partial charge in [0.25, 0.3) is 0 Å². The number of benzene rings is 1. The van der Waals surface area contributed by atoms with Crippen molar-refractivity contribution in [3.8, 4) is 5.75 Å². The molecule has 14 heavy (non-hydrogen) atoms. The maximum absolute atomic E-state index is 5.06. The van der Waals surface area contributed by atoms with E-state index in [4.69, 9.17) is 4.74 Å². The number of ether oxygens (including phenoxy) is 1. The molecule has 1 radical (unpaired) electrons. The quantitative estimate of drug-likeness (QED) is 0.787. The summed E-state index contributed by atoms with van der Waals surface area (Å²) in [4.78, 5) is 0. The van der Waals surface area contributed by atoms with Crippen LogP contribution in [0.25, 0.3) is 0 Å². The van der Waals surface area contributed by atoms with Crippen molar-refractivity contribution in [3.63, 3.8) is 0 Å². The van der Waals surface area contributed by atoms with E-state index in [-0.39, 0.29) is 0 Å². The van der Waals surface area contributed by atoms with Gasteiger partial charge >= 0.3 is 0 Å².